The number of rotatable bonds is 9. The van der Waals surface area contributed by atoms with Crippen molar-refractivity contribution in [3.8, 4) is 0 Å². The number of carbonyl (C=O) groups excluding carboxylic acids is 1. The molecule has 0 spiro atoms. The summed E-state index contributed by atoms with van der Waals surface area (Å²) in [5.74, 6) is 0.545. The molecule has 1 unspecified atom stereocenters. The summed E-state index contributed by atoms with van der Waals surface area (Å²) >= 11 is 2.24. The molecule has 0 aromatic carbocycles. The highest BCUT2D eigenvalue weighted by atomic mass is 127. The van der Waals surface area contributed by atoms with Crippen molar-refractivity contribution >= 4 is 40.4 Å². The predicted molar refractivity (Wildman–Crippen MR) is 110 cm³/mol. The molecule has 1 aliphatic rings. The highest BCUT2D eigenvalue weighted by molar-refractivity contribution is 14.1. The number of nitrogens with one attached hydrogen (secondary N) is 2. The molecule has 2 rings (SSSR count). The third-order valence-corrected chi connectivity index (χ3v) is 4.62. The van der Waals surface area contributed by atoms with Crippen molar-refractivity contribution in [1.29, 1.82) is 0 Å². The zero-order valence-corrected chi connectivity index (χ0v) is 17.5. The van der Waals surface area contributed by atoms with Crippen LogP contribution in [-0.2, 0) is 14.4 Å². The van der Waals surface area contributed by atoms with E-state index < -0.39 is 0 Å². The number of hydrogen-bond donors (Lipinski definition) is 2. The molecule has 1 fully saturated rings. The monoisotopic (exact) mass is 474 g/mol. The van der Waals surface area contributed by atoms with Crippen molar-refractivity contribution in [3.63, 3.8) is 0 Å². The van der Waals surface area contributed by atoms with Gasteiger partial charge in [-0.25, -0.2) is 15.3 Å². The maximum atomic E-state index is 11.8. The molecule has 2 heterocycles. The van der Waals surface area contributed by atoms with E-state index in [9.17, 15) is 4.79 Å². The number of carbonyl (C=O) groups is 1. The summed E-state index contributed by atoms with van der Waals surface area (Å²) in [6.07, 6.45) is 8.49. The van der Waals surface area contributed by atoms with Gasteiger partial charge >= 0.3 is 0 Å². The van der Waals surface area contributed by atoms with Crippen molar-refractivity contribution in [1.82, 2.24) is 15.4 Å². The van der Waals surface area contributed by atoms with Crippen molar-refractivity contribution in [2.75, 3.05) is 39.1 Å². The van der Waals surface area contributed by atoms with E-state index >= 15 is 0 Å². The molecule has 1 atom stereocenters. The van der Waals surface area contributed by atoms with Gasteiger partial charge in [-0.2, -0.15) is 0 Å². The second-order valence-electron chi connectivity index (χ2n) is 6.40. The number of hydrogen-bond acceptors (Lipinski definition) is 6. The van der Waals surface area contributed by atoms with Gasteiger partial charge in [0.2, 0.25) is 0 Å². The SMILES string of the molecule is CN(C)CCCNc1ncc(/C=C/C(=O)NOC2CCCCO2)cc1I. The Kier molecular flexibility index (Phi) is 9.30. The van der Waals surface area contributed by atoms with Gasteiger partial charge in [-0.15, -0.1) is 0 Å². The molecule has 7 nitrogen and oxygen atoms in total. The summed E-state index contributed by atoms with van der Waals surface area (Å²) in [7, 11) is 4.12. The van der Waals surface area contributed by atoms with Crippen LogP contribution in [0.3, 0.4) is 0 Å². The molecule has 0 bridgehead atoms. The van der Waals surface area contributed by atoms with Crippen molar-refractivity contribution in [2.45, 2.75) is 32.0 Å². The molecule has 0 radical (unpaired) electrons. The third-order valence-electron chi connectivity index (χ3n) is 3.79. The molecule has 1 saturated heterocycles. The summed E-state index contributed by atoms with van der Waals surface area (Å²) < 4.78 is 6.41. The Balaban J connectivity index is 1.76. The van der Waals surface area contributed by atoms with E-state index in [1.165, 1.54) is 6.08 Å². The third kappa shape index (κ3) is 7.98. The van der Waals surface area contributed by atoms with Gasteiger partial charge in [0, 0.05) is 31.8 Å². The largest absolute Gasteiger partial charge is 0.369 e. The molecular weight excluding hydrogens is 447 g/mol. The number of ether oxygens (including phenoxy) is 1. The van der Waals surface area contributed by atoms with Crippen LogP contribution in [0.1, 0.15) is 31.2 Å². The van der Waals surface area contributed by atoms with Gasteiger partial charge in [0.1, 0.15) is 5.82 Å². The average molecular weight is 474 g/mol. The number of anilines is 1. The van der Waals surface area contributed by atoms with Crippen LogP contribution in [0.5, 0.6) is 0 Å². The molecular formula is C18H27IN4O3. The Morgan fingerprint density at radius 2 is 2.35 bits per heavy atom. The lowest BCUT2D eigenvalue weighted by Crippen LogP contribution is -2.32. The number of nitrogens with zero attached hydrogens (tertiary/aromatic N) is 2. The van der Waals surface area contributed by atoms with Crippen LogP contribution in [0.15, 0.2) is 18.3 Å². The number of halogens is 1. The molecule has 2 N–H and O–H groups in total. The average Bonchev–Trinajstić information content (AvgIpc) is 2.63. The van der Waals surface area contributed by atoms with E-state index in [1.54, 1.807) is 12.3 Å². The lowest BCUT2D eigenvalue weighted by Gasteiger charge is -2.21. The Hall–Kier alpha value is -1.23. The minimum Gasteiger partial charge on any atom is -0.369 e. The topological polar surface area (TPSA) is 75.7 Å². The van der Waals surface area contributed by atoms with Crippen LogP contribution in [0, 0.1) is 3.57 Å². The van der Waals surface area contributed by atoms with Gasteiger partial charge in [0.15, 0.2) is 6.29 Å². The summed E-state index contributed by atoms with van der Waals surface area (Å²) in [5.41, 5.74) is 3.26. The van der Waals surface area contributed by atoms with E-state index in [-0.39, 0.29) is 12.2 Å². The number of aromatic nitrogens is 1. The molecule has 1 aliphatic heterocycles. The lowest BCUT2D eigenvalue weighted by molar-refractivity contribution is -0.198. The van der Waals surface area contributed by atoms with Gasteiger partial charge < -0.3 is 15.0 Å². The van der Waals surface area contributed by atoms with Crippen molar-refractivity contribution < 1.29 is 14.4 Å². The molecule has 0 saturated carbocycles. The van der Waals surface area contributed by atoms with Crippen LogP contribution >= 0.6 is 22.6 Å². The first-order valence-corrected chi connectivity index (χ1v) is 9.92. The second-order valence-corrected chi connectivity index (χ2v) is 7.56. The molecule has 144 valence electrons. The molecule has 0 aliphatic carbocycles. The van der Waals surface area contributed by atoms with Gasteiger partial charge in [-0.3, -0.25) is 4.79 Å². The molecule has 1 aromatic rings. The molecule has 1 aromatic heterocycles. The molecule has 26 heavy (non-hydrogen) atoms. The van der Waals surface area contributed by atoms with Gasteiger partial charge in [0.25, 0.3) is 5.91 Å². The number of pyridine rings is 1. The maximum absolute atomic E-state index is 11.8. The van der Waals surface area contributed by atoms with E-state index in [4.69, 9.17) is 9.57 Å². The Morgan fingerprint density at radius 3 is 3.04 bits per heavy atom. The van der Waals surface area contributed by atoms with Gasteiger partial charge in [0.05, 0.1) is 3.57 Å². The second kappa shape index (κ2) is 11.5. The van der Waals surface area contributed by atoms with Crippen LogP contribution in [0.2, 0.25) is 0 Å². The first-order chi connectivity index (χ1) is 12.5. The van der Waals surface area contributed by atoms with Crippen LogP contribution in [-0.4, -0.2) is 55.9 Å². The fraction of sp³-hybridized carbons (Fsp3) is 0.556. The summed E-state index contributed by atoms with van der Waals surface area (Å²) in [6, 6.07) is 1.98. The first-order valence-electron chi connectivity index (χ1n) is 8.84. The highest BCUT2D eigenvalue weighted by Crippen LogP contribution is 2.17. The molecule has 1 amide bonds. The zero-order valence-electron chi connectivity index (χ0n) is 15.3. The van der Waals surface area contributed by atoms with E-state index in [0.717, 1.165) is 53.7 Å². The Morgan fingerprint density at radius 1 is 1.50 bits per heavy atom. The van der Waals surface area contributed by atoms with Crippen LogP contribution < -0.4 is 10.8 Å². The lowest BCUT2D eigenvalue weighted by atomic mass is 10.2. The van der Waals surface area contributed by atoms with Crippen molar-refractivity contribution in [3.05, 3.63) is 27.5 Å². The fourth-order valence-corrected chi connectivity index (χ4v) is 3.10. The van der Waals surface area contributed by atoms with Crippen LogP contribution in [0.4, 0.5) is 5.82 Å². The summed E-state index contributed by atoms with van der Waals surface area (Å²) in [4.78, 5) is 23.6. The minimum atomic E-state index is -0.346. The quantitative estimate of drug-likeness (QED) is 0.248. The number of hydroxylamine groups is 1. The standard InChI is InChI=1S/C18H27IN4O3/c1-23(2)10-5-9-20-18-15(19)12-14(13-21-18)7-8-16(24)22-26-17-6-3-4-11-25-17/h7-8,12-13,17H,3-6,9-11H2,1-2H3,(H,20,21)(H,22,24)/b8-7+. The predicted octanol–water partition coefficient (Wildman–Crippen LogP) is 2.64. The smallest absolute Gasteiger partial charge is 0.267 e. The van der Waals surface area contributed by atoms with E-state index in [1.807, 2.05) is 6.07 Å². The van der Waals surface area contributed by atoms with E-state index in [2.05, 4.69) is 57.4 Å². The van der Waals surface area contributed by atoms with Crippen LogP contribution in [0.25, 0.3) is 6.08 Å². The first kappa shape index (κ1) is 21.1. The minimum absolute atomic E-state index is 0.319. The van der Waals surface area contributed by atoms with Gasteiger partial charge in [-0.1, -0.05) is 0 Å². The van der Waals surface area contributed by atoms with E-state index in [0.29, 0.717) is 6.61 Å². The normalized spacial score (nSPS) is 17.6. The zero-order chi connectivity index (χ0) is 18.8. The molecule has 8 heteroatoms. The Labute approximate surface area is 168 Å². The highest BCUT2D eigenvalue weighted by Gasteiger charge is 2.14. The maximum Gasteiger partial charge on any atom is 0.267 e. The Bertz CT molecular complexity index is 604. The fourth-order valence-electron chi connectivity index (χ4n) is 2.41. The number of amides is 1. The summed E-state index contributed by atoms with van der Waals surface area (Å²) in [5, 5.41) is 3.33. The van der Waals surface area contributed by atoms with Crippen molar-refractivity contribution in [2.24, 2.45) is 0 Å². The summed E-state index contributed by atoms with van der Waals surface area (Å²) in [6.45, 7) is 2.59. The van der Waals surface area contributed by atoms with Gasteiger partial charge in [-0.05, 0) is 80.2 Å².